The number of thioether (sulfide) groups is 1. The van der Waals surface area contributed by atoms with Crippen LogP contribution >= 0.6 is 11.8 Å². The van der Waals surface area contributed by atoms with Crippen molar-refractivity contribution in [1.29, 1.82) is 0 Å². The average Bonchev–Trinajstić information content (AvgIpc) is 2.44. The zero-order chi connectivity index (χ0) is 15.7. The second-order valence-electron chi connectivity index (χ2n) is 4.81. The summed E-state index contributed by atoms with van der Waals surface area (Å²) in [6.07, 6.45) is 1.32. The third-order valence-corrected chi connectivity index (χ3v) is 3.93. The summed E-state index contributed by atoms with van der Waals surface area (Å²) in [5.74, 6) is 1.10. The molecule has 1 aromatic carbocycles. The summed E-state index contributed by atoms with van der Waals surface area (Å²) in [5.41, 5.74) is -3.02. The van der Waals surface area contributed by atoms with E-state index in [1.165, 1.54) is 0 Å². The largest absolute Gasteiger partial charge is 0.497 e. The van der Waals surface area contributed by atoms with Gasteiger partial charge in [-0.1, -0.05) is 30.8 Å². The monoisotopic (exact) mass is 321 g/mol. The Hall–Kier alpha value is -0.880. The number of methoxy groups -OCH3 is 1. The van der Waals surface area contributed by atoms with Crippen molar-refractivity contribution in [2.75, 3.05) is 26.0 Å². The number of nitrogens with one attached hydrogen (secondary N) is 1. The van der Waals surface area contributed by atoms with Gasteiger partial charge in [0.05, 0.1) is 7.11 Å². The summed E-state index contributed by atoms with van der Waals surface area (Å²) in [6, 6.07) is 7.69. The molecule has 0 aliphatic heterocycles. The Kier molecular flexibility index (Phi) is 7.96. The molecular weight excluding hydrogens is 299 g/mol. The SMILES string of the molecule is CCNCC(CCSC(F)(F)F)Cc1ccc(OC)cc1. The van der Waals surface area contributed by atoms with Gasteiger partial charge in [-0.05, 0) is 49.5 Å². The Morgan fingerprint density at radius 3 is 2.43 bits per heavy atom. The third-order valence-electron chi connectivity index (χ3n) is 3.16. The molecule has 21 heavy (non-hydrogen) atoms. The van der Waals surface area contributed by atoms with Crippen LogP contribution in [-0.4, -0.2) is 31.5 Å². The van der Waals surface area contributed by atoms with Gasteiger partial charge in [-0.15, -0.1) is 0 Å². The van der Waals surface area contributed by atoms with E-state index in [9.17, 15) is 13.2 Å². The van der Waals surface area contributed by atoms with Crippen LogP contribution in [0.2, 0.25) is 0 Å². The number of alkyl halides is 3. The molecule has 0 aliphatic carbocycles. The van der Waals surface area contributed by atoms with E-state index in [4.69, 9.17) is 4.74 Å². The molecule has 0 saturated carbocycles. The highest BCUT2D eigenvalue weighted by Crippen LogP contribution is 2.31. The lowest BCUT2D eigenvalue weighted by atomic mass is 9.96. The summed E-state index contributed by atoms with van der Waals surface area (Å²) in [5, 5.41) is 3.22. The van der Waals surface area contributed by atoms with Crippen LogP contribution in [0, 0.1) is 5.92 Å². The molecular formula is C15H22F3NOS. The molecule has 0 radical (unpaired) electrons. The van der Waals surface area contributed by atoms with Crippen molar-refractivity contribution in [1.82, 2.24) is 5.32 Å². The normalized spacial score (nSPS) is 13.2. The van der Waals surface area contributed by atoms with Crippen molar-refractivity contribution in [3.63, 3.8) is 0 Å². The van der Waals surface area contributed by atoms with Gasteiger partial charge in [-0.25, -0.2) is 0 Å². The Labute approximate surface area is 128 Å². The fourth-order valence-corrected chi connectivity index (χ4v) is 2.74. The highest BCUT2D eigenvalue weighted by molar-refractivity contribution is 8.00. The van der Waals surface area contributed by atoms with Gasteiger partial charge < -0.3 is 10.1 Å². The molecule has 1 N–H and O–H groups in total. The van der Waals surface area contributed by atoms with Crippen LogP contribution in [0.3, 0.4) is 0 Å². The standard InChI is InChI=1S/C15H22F3NOS/c1-3-19-11-13(8-9-21-15(16,17)18)10-12-4-6-14(20-2)7-5-12/h4-7,13,19H,3,8-11H2,1-2H3. The summed E-state index contributed by atoms with van der Waals surface area (Å²) in [6.45, 7) is 3.56. The quantitative estimate of drug-likeness (QED) is 0.740. The molecule has 1 rings (SSSR count). The Morgan fingerprint density at radius 1 is 1.24 bits per heavy atom. The summed E-state index contributed by atoms with van der Waals surface area (Å²) in [4.78, 5) is 0. The fourth-order valence-electron chi connectivity index (χ4n) is 2.06. The molecule has 0 amide bonds. The number of benzene rings is 1. The molecule has 1 aromatic rings. The molecule has 0 saturated heterocycles. The van der Waals surface area contributed by atoms with E-state index >= 15 is 0 Å². The minimum atomic E-state index is -4.14. The lowest BCUT2D eigenvalue weighted by Gasteiger charge is -2.18. The average molecular weight is 321 g/mol. The van der Waals surface area contributed by atoms with Crippen LogP contribution < -0.4 is 10.1 Å². The maximum Gasteiger partial charge on any atom is 0.441 e. The van der Waals surface area contributed by atoms with Crippen LogP contribution in [0.4, 0.5) is 13.2 Å². The lowest BCUT2D eigenvalue weighted by molar-refractivity contribution is -0.0328. The first kappa shape index (κ1) is 18.2. The second kappa shape index (κ2) is 9.20. The Morgan fingerprint density at radius 2 is 1.90 bits per heavy atom. The van der Waals surface area contributed by atoms with E-state index in [2.05, 4.69) is 5.32 Å². The van der Waals surface area contributed by atoms with E-state index in [0.717, 1.165) is 30.8 Å². The molecule has 1 unspecified atom stereocenters. The third kappa shape index (κ3) is 8.21. The zero-order valence-corrected chi connectivity index (χ0v) is 13.2. The molecule has 2 nitrogen and oxygen atoms in total. The van der Waals surface area contributed by atoms with Crippen LogP contribution in [0.15, 0.2) is 24.3 Å². The summed E-state index contributed by atoms with van der Waals surface area (Å²) in [7, 11) is 1.61. The number of hydrogen-bond acceptors (Lipinski definition) is 3. The van der Waals surface area contributed by atoms with E-state index in [1.54, 1.807) is 7.11 Å². The molecule has 0 bridgehead atoms. The predicted molar refractivity (Wildman–Crippen MR) is 81.9 cm³/mol. The first-order chi connectivity index (χ1) is 9.94. The summed E-state index contributed by atoms with van der Waals surface area (Å²) < 4.78 is 41.7. The molecule has 0 heterocycles. The van der Waals surface area contributed by atoms with E-state index in [1.807, 2.05) is 31.2 Å². The van der Waals surface area contributed by atoms with Gasteiger partial charge >= 0.3 is 5.51 Å². The van der Waals surface area contributed by atoms with Crippen molar-refractivity contribution < 1.29 is 17.9 Å². The van der Waals surface area contributed by atoms with Crippen molar-refractivity contribution >= 4 is 11.8 Å². The lowest BCUT2D eigenvalue weighted by Crippen LogP contribution is -2.25. The molecule has 0 fully saturated rings. The number of halogens is 3. The minimum Gasteiger partial charge on any atom is -0.497 e. The molecule has 0 aliphatic rings. The molecule has 0 spiro atoms. The smallest absolute Gasteiger partial charge is 0.441 e. The number of rotatable bonds is 9. The van der Waals surface area contributed by atoms with Crippen LogP contribution in [0.1, 0.15) is 18.9 Å². The van der Waals surface area contributed by atoms with Gasteiger partial charge in [0.1, 0.15) is 5.75 Å². The predicted octanol–water partition coefficient (Wildman–Crippen LogP) is 4.11. The van der Waals surface area contributed by atoms with Crippen LogP contribution in [0.5, 0.6) is 5.75 Å². The van der Waals surface area contributed by atoms with E-state index in [-0.39, 0.29) is 23.4 Å². The number of ether oxygens (including phenoxy) is 1. The van der Waals surface area contributed by atoms with Crippen molar-refractivity contribution in [3.05, 3.63) is 29.8 Å². The van der Waals surface area contributed by atoms with Crippen LogP contribution in [-0.2, 0) is 6.42 Å². The number of hydrogen-bond donors (Lipinski definition) is 1. The van der Waals surface area contributed by atoms with Gasteiger partial charge in [-0.3, -0.25) is 0 Å². The van der Waals surface area contributed by atoms with Crippen molar-refractivity contribution in [3.8, 4) is 5.75 Å². The highest BCUT2D eigenvalue weighted by Gasteiger charge is 2.28. The second-order valence-corrected chi connectivity index (χ2v) is 5.97. The summed E-state index contributed by atoms with van der Waals surface area (Å²) >= 11 is 0.0642. The Balaban J connectivity index is 2.51. The van der Waals surface area contributed by atoms with Gasteiger partial charge in [0, 0.05) is 5.75 Å². The van der Waals surface area contributed by atoms with Crippen molar-refractivity contribution in [2.45, 2.75) is 25.3 Å². The van der Waals surface area contributed by atoms with Gasteiger partial charge in [0.25, 0.3) is 0 Å². The molecule has 120 valence electrons. The maximum atomic E-state index is 12.2. The van der Waals surface area contributed by atoms with E-state index < -0.39 is 5.51 Å². The van der Waals surface area contributed by atoms with Crippen molar-refractivity contribution in [2.24, 2.45) is 5.92 Å². The maximum absolute atomic E-state index is 12.2. The van der Waals surface area contributed by atoms with Gasteiger partial charge in [0.15, 0.2) is 0 Å². The van der Waals surface area contributed by atoms with E-state index in [0.29, 0.717) is 6.42 Å². The highest BCUT2D eigenvalue weighted by atomic mass is 32.2. The zero-order valence-electron chi connectivity index (χ0n) is 12.4. The first-order valence-corrected chi connectivity index (χ1v) is 7.97. The fraction of sp³-hybridized carbons (Fsp3) is 0.600. The van der Waals surface area contributed by atoms with Gasteiger partial charge in [-0.2, -0.15) is 13.2 Å². The minimum absolute atomic E-state index is 0.0642. The van der Waals surface area contributed by atoms with Gasteiger partial charge in [0.2, 0.25) is 0 Å². The topological polar surface area (TPSA) is 21.3 Å². The molecule has 0 aromatic heterocycles. The first-order valence-electron chi connectivity index (χ1n) is 6.99. The van der Waals surface area contributed by atoms with Crippen LogP contribution in [0.25, 0.3) is 0 Å². The molecule has 6 heteroatoms. The molecule has 1 atom stereocenters. The Bertz CT molecular complexity index is 395.